The molecule has 2 aromatic rings. The van der Waals surface area contributed by atoms with Gasteiger partial charge in [-0.2, -0.15) is 0 Å². The van der Waals surface area contributed by atoms with Crippen LogP contribution in [-0.2, 0) is 29.0 Å². The molecule has 2 aromatic carbocycles. The third kappa shape index (κ3) is 5.85. The topological polar surface area (TPSA) is 66.6 Å². The van der Waals surface area contributed by atoms with Crippen LogP contribution in [0.15, 0.2) is 36.4 Å². The largest absolute Gasteiger partial charge is 0.335 e. The number of piperazine rings is 1. The van der Waals surface area contributed by atoms with Crippen molar-refractivity contribution >= 4 is 11.8 Å². The van der Waals surface area contributed by atoms with Crippen LogP contribution in [0.3, 0.4) is 0 Å². The molecule has 0 aromatic heterocycles. The smallest absolute Gasteiger partial charge is 0.242 e. The Morgan fingerprint density at radius 3 is 2.32 bits per heavy atom. The molecule has 1 aliphatic heterocycles. The van der Waals surface area contributed by atoms with Crippen LogP contribution in [0.4, 0.5) is 13.2 Å². The van der Waals surface area contributed by atoms with E-state index in [-0.39, 0.29) is 36.8 Å². The number of carbonyl (C=O) groups excluding carboxylic acids is 2. The van der Waals surface area contributed by atoms with E-state index in [1.54, 1.807) is 4.90 Å². The normalized spacial score (nSPS) is 15.3. The van der Waals surface area contributed by atoms with E-state index < -0.39 is 23.5 Å². The van der Waals surface area contributed by atoms with Gasteiger partial charge in [0.05, 0.1) is 6.54 Å². The molecule has 2 amide bonds. The Balaban J connectivity index is 1.51. The fraction of sp³-hybridized carbons (Fsp3) is 0.391. The molecule has 3 rings (SSSR count). The van der Waals surface area contributed by atoms with E-state index in [0.29, 0.717) is 25.7 Å². The summed E-state index contributed by atoms with van der Waals surface area (Å²) in [6.07, 6.45) is 0.714. The van der Waals surface area contributed by atoms with Gasteiger partial charge in [0.25, 0.3) is 0 Å². The highest BCUT2D eigenvalue weighted by Crippen LogP contribution is 2.17. The summed E-state index contributed by atoms with van der Waals surface area (Å²) in [5.74, 6) is -3.82. The number of benzene rings is 2. The van der Waals surface area contributed by atoms with Crippen molar-refractivity contribution in [1.29, 1.82) is 0 Å². The Hall–Kier alpha value is -2.87. The van der Waals surface area contributed by atoms with Gasteiger partial charge in [-0.1, -0.05) is 31.2 Å². The van der Waals surface area contributed by atoms with Gasteiger partial charge < -0.3 is 15.5 Å². The second kappa shape index (κ2) is 9.96. The van der Waals surface area contributed by atoms with E-state index in [2.05, 4.69) is 6.92 Å². The first kappa shape index (κ1) is 22.8. The van der Waals surface area contributed by atoms with Gasteiger partial charge in [0, 0.05) is 38.2 Å². The number of nitrogens with two attached hydrogens (primary N) is 1. The predicted octanol–water partition coefficient (Wildman–Crippen LogP) is 2.80. The molecular formula is C23H26F3N3O2. The van der Waals surface area contributed by atoms with Crippen LogP contribution in [0.1, 0.15) is 30.0 Å². The van der Waals surface area contributed by atoms with Crippen LogP contribution in [0, 0.1) is 17.5 Å². The first-order valence-electron chi connectivity index (χ1n) is 10.3. The average Bonchev–Trinajstić information content (AvgIpc) is 2.74. The molecule has 0 spiro atoms. The van der Waals surface area contributed by atoms with Crippen LogP contribution in [0.5, 0.6) is 0 Å². The summed E-state index contributed by atoms with van der Waals surface area (Å²) in [5.41, 5.74) is 8.10. The Morgan fingerprint density at radius 2 is 1.68 bits per heavy atom. The Labute approximate surface area is 179 Å². The lowest BCUT2D eigenvalue weighted by Gasteiger charge is -2.35. The molecule has 0 aliphatic carbocycles. The fourth-order valence-electron chi connectivity index (χ4n) is 3.62. The number of aryl methyl sites for hydroxylation is 1. The lowest BCUT2D eigenvalue weighted by Crippen LogP contribution is -2.52. The molecule has 166 valence electrons. The van der Waals surface area contributed by atoms with Gasteiger partial charge in [0.15, 0.2) is 11.6 Å². The van der Waals surface area contributed by atoms with E-state index in [1.807, 2.05) is 24.3 Å². The van der Waals surface area contributed by atoms with Crippen molar-refractivity contribution in [1.82, 2.24) is 9.80 Å². The maximum Gasteiger partial charge on any atom is 0.242 e. The molecule has 2 N–H and O–H groups in total. The Morgan fingerprint density at radius 1 is 1.03 bits per heavy atom. The minimum Gasteiger partial charge on any atom is -0.335 e. The highest BCUT2D eigenvalue weighted by Gasteiger charge is 2.28. The monoisotopic (exact) mass is 433 g/mol. The SMILES string of the molecule is CCc1ccc(CN2CCN(C(=O)C[C@H](N)Cc3cc(F)c(F)cc3F)CC2=O)cc1. The quantitative estimate of drug-likeness (QED) is 0.683. The van der Waals surface area contributed by atoms with Crippen molar-refractivity contribution in [2.45, 2.75) is 38.8 Å². The molecule has 1 heterocycles. The lowest BCUT2D eigenvalue weighted by molar-refractivity contribution is -0.145. The number of hydrogen-bond acceptors (Lipinski definition) is 3. The number of amides is 2. The lowest BCUT2D eigenvalue weighted by atomic mass is 10.0. The third-order valence-electron chi connectivity index (χ3n) is 5.48. The first-order chi connectivity index (χ1) is 14.8. The summed E-state index contributed by atoms with van der Waals surface area (Å²) in [6.45, 7) is 3.31. The molecule has 1 saturated heterocycles. The van der Waals surface area contributed by atoms with Crippen LogP contribution >= 0.6 is 0 Å². The average molecular weight is 433 g/mol. The molecule has 1 fully saturated rings. The molecule has 1 atom stereocenters. The summed E-state index contributed by atoms with van der Waals surface area (Å²) >= 11 is 0. The van der Waals surface area contributed by atoms with Crippen molar-refractivity contribution in [2.75, 3.05) is 19.6 Å². The third-order valence-corrected chi connectivity index (χ3v) is 5.48. The van der Waals surface area contributed by atoms with Gasteiger partial charge in [-0.05, 0) is 35.6 Å². The van der Waals surface area contributed by atoms with Crippen molar-refractivity contribution in [3.05, 3.63) is 70.5 Å². The summed E-state index contributed by atoms with van der Waals surface area (Å²) < 4.78 is 40.2. The van der Waals surface area contributed by atoms with E-state index in [4.69, 9.17) is 5.73 Å². The van der Waals surface area contributed by atoms with E-state index in [9.17, 15) is 22.8 Å². The highest BCUT2D eigenvalue weighted by molar-refractivity contribution is 5.86. The summed E-state index contributed by atoms with van der Waals surface area (Å²) in [5, 5.41) is 0. The number of halogens is 3. The second-order valence-corrected chi connectivity index (χ2v) is 7.83. The predicted molar refractivity (Wildman–Crippen MR) is 110 cm³/mol. The van der Waals surface area contributed by atoms with Gasteiger partial charge in [0.2, 0.25) is 11.8 Å². The van der Waals surface area contributed by atoms with Gasteiger partial charge in [-0.15, -0.1) is 0 Å². The molecule has 0 radical (unpaired) electrons. The molecular weight excluding hydrogens is 407 g/mol. The summed E-state index contributed by atoms with van der Waals surface area (Å²) in [7, 11) is 0. The van der Waals surface area contributed by atoms with E-state index in [1.165, 1.54) is 10.5 Å². The Bertz CT molecular complexity index is 950. The van der Waals surface area contributed by atoms with Crippen molar-refractivity contribution in [3.8, 4) is 0 Å². The standard InChI is InChI=1S/C23H26F3N3O2/c1-2-15-3-5-16(6-4-15)13-28-7-8-29(14-23(28)31)22(30)11-18(27)9-17-10-20(25)21(26)12-19(17)24/h3-6,10,12,18H,2,7-9,11,13-14,27H2,1H3/t18-/m1/s1. The maximum absolute atomic E-state index is 13.8. The van der Waals surface area contributed by atoms with E-state index >= 15 is 0 Å². The zero-order valence-corrected chi connectivity index (χ0v) is 17.4. The highest BCUT2D eigenvalue weighted by atomic mass is 19.2. The molecule has 8 heteroatoms. The van der Waals surface area contributed by atoms with E-state index in [0.717, 1.165) is 18.1 Å². The molecule has 0 unspecified atom stereocenters. The van der Waals surface area contributed by atoms with Crippen molar-refractivity contribution < 1.29 is 22.8 Å². The second-order valence-electron chi connectivity index (χ2n) is 7.83. The molecule has 0 bridgehead atoms. The minimum atomic E-state index is -1.27. The molecule has 1 aliphatic rings. The van der Waals surface area contributed by atoms with Gasteiger partial charge in [0.1, 0.15) is 5.82 Å². The number of nitrogens with zero attached hydrogens (tertiary/aromatic N) is 2. The zero-order valence-electron chi connectivity index (χ0n) is 17.4. The van der Waals surface area contributed by atoms with Gasteiger partial charge in [-0.25, -0.2) is 13.2 Å². The number of hydrogen-bond donors (Lipinski definition) is 1. The van der Waals surface area contributed by atoms with Crippen LogP contribution in [0.2, 0.25) is 0 Å². The fourth-order valence-corrected chi connectivity index (χ4v) is 3.62. The summed E-state index contributed by atoms with van der Waals surface area (Å²) in [6, 6.07) is 8.52. The van der Waals surface area contributed by atoms with Crippen LogP contribution < -0.4 is 5.73 Å². The molecule has 5 nitrogen and oxygen atoms in total. The molecule has 31 heavy (non-hydrogen) atoms. The van der Waals surface area contributed by atoms with Crippen LogP contribution in [0.25, 0.3) is 0 Å². The maximum atomic E-state index is 13.8. The summed E-state index contributed by atoms with van der Waals surface area (Å²) in [4.78, 5) is 28.2. The van der Waals surface area contributed by atoms with Crippen LogP contribution in [-0.4, -0.2) is 47.3 Å². The number of rotatable bonds is 7. The van der Waals surface area contributed by atoms with Crippen molar-refractivity contribution in [3.63, 3.8) is 0 Å². The zero-order chi connectivity index (χ0) is 22.5. The molecule has 0 saturated carbocycles. The van der Waals surface area contributed by atoms with Gasteiger partial charge in [-0.3, -0.25) is 9.59 Å². The first-order valence-corrected chi connectivity index (χ1v) is 10.3. The Kier molecular flexibility index (Phi) is 7.33. The van der Waals surface area contributed by atoms with Crippen molar-refractivity contribution in [2.24, 2.45) is 5.73 Å². The minimum absolute atomic E-state index is 0.0435. The number of carbonyl (C=O) groups is 2. The van der Waals surface area contributed by atoms with Gasteiger partial charge >= 0.3 is 0 Å².